The molecule has 0 bridgehead atoms. The summed E-state index contributed by atoms with van der Waals surface area (Å²) in [4.78, 5) is 1.16. The summed E-state index contributed by atoms with van der Waals surface area (Å²) in [5.41, 5.74) is 1.28. The smallest absolute Gasteiger partial charge is 0.0618 e. The van der Waals surface area contributed by atoms with Crippen molar-refractivity contribution in [2.75, 3.05) is 6.61 Å². The zero-order chi connectivity index (χ0) is 11.6. The Hall–Kier alpha value is -0.910. The van der Waals surface area contributed by atoms with Crippen LogP contribution in [0.5, 0.6) is 0 Å². The van der Waals surface area contributed by atoms with Gasteiger partial charge in [-0.3, -0.25) is 0 Å². The van der Waals surface area contributed by atoms with E-state index in [0.717, 1.165) is 37.2 Å². The molecule has 0 aliphatic carbocycles. The second-order valence-corrected chi connectivity index (χ2v) is 4.61. The van der Waals surface area contributed by atoms with Gasteiger partial charge in [0.05, 0.1) is 6.61 Å². The van der Waals surface area contributed by atoms with E-state index in [1.54, 1.807) is 0 Å². The Labute approximate surface area is 103 Å². The third kappa shape index (κ3) is 5.85. The molecule has 1 aromatic carbocycles. The van der Waals surface area contributed by atoms with E-state index in [4.69, 9.17) is 10.6 Å². The molecule has 0 saturated heterocycles. The maximum Gasteiger partial charge on any atom is 0.0618 e. The molecule has 1 nitrogen and oxygen atoms in total. The van der Waals surface area contributed by atoms with Gasteiger partial charge < -0.3 is 4.18 Å². The Morgan fingerprint density at radius 1 is 1.19 bits per heavy atom. The van der Waals surface area contributed by atoms with Gasteiger partial charge in [-0.2, -0.15) is 0 Å². The highest BCUT2D eigenvalue weighted by Gasteiger charge is 1.94. The lowest BCUT2D eigenvalue weighted by Gasteiger charge is -2.02. The molecule has 0 aromatic heterocycles. The fourth-order valence-electron chi connectivity index (χ4n) is 1.27. The molecular formula is C14H18OS. The average molecular weight is 234 g/mol. The van der Waals surface area contributed by atoms with Crippen molar-refractivity contribution in [1.29, 1.82) is 0 Å². The summed E-state index contributed by atoms with van der Waals surface area (Å²) in [7, 11) is 0. The molecule has 0 spiro atoms. The lowest BCUT2D eigenvalue weighted by molar-refractivity contribution is 0.357. The van der Waals surface area contributed by atoms with Crippen molar-refractivity contribution in [1.82, 2.24) is 0 Å². The fraction of sp³-hybridized carbons (Fsp3) is 0.429. The predicted molar refractivity (Wildman–Crippen MR) is 70.3 cm³/mol. The molecule has 0 unspecified atom stereocenters. The summed E-state index contributed by atoms with van der Waals surface area (Å²) < 4.78 is 5.50. The maximum absolute atomic E-state index is 5.50. The van der Waals surface area contributed by atoms with Crippen LogP contribution in [0, 0.1) is 19.3 Å². The molecule has 2 heteroatoms. The van der Waals surface area contributed by atoms with E-state index in [0.29, 0.717) is 0 Å². The van der Waals surface area contributed by atoms with Crippen molar-refractivity contribution >= 4 is 12.0 Å². The van der Waals surface area contributed by atoms with Gasteiger partial charge in [0.1, 0.15) is 0 Å². The van der Waals surface area contributed by atoms with E-state index in [-0.39, 0.29) is 0 Å². The van der Waals surface area contributed by atoms with Crippen molar-refractivity contribution in [3.63, 3.8) is 0 Å². The van der Waals surface area contributed by atoms with E-state index < -0.39 is 0 Å². The number of aryl methyl sites for hydroxylation is 1. The second-order valence-electron chi connectivity index (χ2n) is 3.73. The molecule has 0 N–H and O–H groups in total. The number of rotatable bonds is 7. The summed E-state index contributed by atoms with van der Waals surface area (Å²) in [6.07, 6.45) is 9.39. The molecular weight excluding hydrogens is 216 g/mol. The van der Waals surface area contributed by atoms with Crippen molar-refractivity contribution < 1.29 is 4.18 Å². The lowest BCUT2D eigenvalue weighted by atomic mass is 10.2. The van der Waals surface area contributed by atoms with Crippen LogP contribution in [-0.4, -0.2) is 6.61 Å². The van der Waals surface area contributed by atoms with Crippen molar-refractivity contribution in [3.05, 3.63) is 29.8 Å². The molecule has 0 radical (unpaired) electrons. The normalized spacial score (nSPS) is 10.0. The number of benzene rings is 1. The first-order valence-corrected chi connectivity index (χ1v) is 6.36. The molecule has 0 aliphatic heterocycles. The monoisotopic (exact) mass is 234 g/mol. The highest BCUT2D eigenvalue weighted by Crippen LogP contribution is 2.19. The van der Waals surface area contributed by atoms with Crippen LogP contribution in [0.2, 0.25) is 0 Å². The summed E-state index contributed by atoms with van der Waals surface area (Å²) >= 11 is 1.45. The third-order valence-corrected chi connectivity index (χ3v) is 2.97. The van der Waals surface area contributed by atoms with Gasteiger partial charge in [-0.1, -0.05) is 24.1 Å². The van der Waals surface area contributed by atoms with E-state index in [9.17, 15) is 0 Å². The van der Waals surface area contributed by atoms with Crippen LogP contribution in [-0.2, 0) is 4.18 Å². The summed E-state index contributed by atoms with van der Waals surface area (Å²) in [6.45, 7) is 2.88. The molecule has 0 saturated carbocycles. The highest BCUT2D eigenvalue weighted by atomic mass is 32.2. The predicted octanol–water partition coefficient (Wildman–Crippen LogP) is 4.21. The number of hydrogen-bond acceptors (Lipinski definition) is 2. The standard InChI is InChI=1S/C14H18OS/c1-3-4-5-6-7-12-15-16-14-10-8-13(2)9-11-14/h1,8-11H,4-7,12H2,2H3. The number of hydrogen-bond donors (Lipinski definition) is 0. The van der Waals surface area contributed by atoms with Crippen molar-refractivity contribution in [2.24, 2.45) is 0 Å². The van der Waals surface area contributed by atoms with E-state index in [1.807, 2.05) is 0 Å². The van der Waals surface area contributed by atoms with Crippen LogP contribution >= 0.6 is 12.0 Å². The van der Waals surface area contributed by atoms with Crippen molar-refractivity contribution in [3.8, 4) is 12.3 Å². The van der Waals surface area contributed by atoms with Gasteiger partial charge >= 0.3 is 0 Å². The molecule has 0 aliphatic rings. The van der Waals surface area contributed by atoms with Crippen LogP contribution in [0.1, 0.15) is 31.2 Å². The van der Waals surface area contributed by atoms with Crippen molar-refractivity contribution in [2.45, 2.75) is 37.5 Å². The lowest BCUT2D eigenvalue weighted by Crippen LogP contribution is -1.87. The Morgan fingerprint density at radius 3 is 2.62 bits per heavy atom. The molecule has 1 rings (SSSR count). The van der Waals surface area contributed by atoms with Gasteiger partial charge in [0, 0.05) is 23.4 Å². The largest absolute Gasteiger partial charge is 0.310 e. The van der Waals surface area contributed by atoms with Crippen LogP contribution in [0.25, 0.3) is 0 Å². The number of terminal acetylenes is 1. The maximum atomic E-state index is 5.50. The van der Waals surface area contributed by atoms with Gasteiger partial charge in [0.2, 0.25) is 0 Å². The first-order valence-electron chi connectivity index (χ1n) is 5.62. The van der Waals surface area contributed by atoms with Gasteiger partial charge in [0.15, 0.2) is 0 Å². The van der Waals surface area contributed by atoms with Gasteiger partial charge in [0.25, 0.3) is 0 Å². The van der Waals surface area contributed by atoms with E-state index in [2.05, 4.69) is 37.1 Å². The molecule has 16 heavy (non-hydrogen) atoms. The van der Waals surface area contributed by atoms with Crippen LogP contribution in [0.15, 0.2) is 29.2 Å². The minimum absolute atomic E-state index is 0.795. The first-order chi connectivity index (χ1) is 7.83. The molecule has 1 aromatic rings. The average Bonchev–Trinajstić information content (AvgIpc) is 2.30. The van der Waals surface area contributed by atoms with Gasteiger partial charge in [-0.15, -0.1) is 12.3 Å². The topological polar surface area (TPSA) is 9.23 Å². The molecule has 0 atom stereocenters. The first kappa shape index (κ1) is 13.2. The van der Waals surface area contributed by atoms with Crippen LogP contribution in [0.3, 0.4) is 0 Å². The fourth-order valence-corrected chi connectivity index (χ4v) is 1.85. The molecule has 86 valence electrons. The molecule has 0 heterocycles. The quantitative estimate of drug-likeness (QED) is 0.397. The highest BCUT2D eigenvalue weighted by molar-refractivity contribution is 7.94. The Morgan fingerprint density at radius 2 is 1.94 bits per heavy atom. The van der Waals surface area contributed by atoms with Gasteiger partial charge in [-0.25, -0.2) is 0 Å². The summed E-state index contributed by atoms with van der Waals surface area (Å²) in [5.74, 6) is 2.64. The van der Waals surface area contributed by atoms with Gasteiger partial charge in [-0.05, 0) is 31.9 Å². The zero-order valence-electron chi connectivity index (χ0n) is 9.74. The summed E-state index contributed by atoms with van der Waals surface area (Å²) in [5, 5.41) is 0. The minimum Gasteiger partial charge on any atom is -0.310 e. The zero-order valence-corrected chi connectivity index (χ0v) is 10.6. The third-order valence-electron chi connectivity index (χ3n) is 2.22. The SMILES string of the molecule is C#CCCCCCOSc1ccc(C)cc1. The Kier molecular flexibility index (Phi) is 6.80. The minimum atomic E-state index is 0.795. The van der Waals surface area contributed by atoms with Crippen LogP contribution in [0.4, 0.5) is 0 Å². The number of unbranched alkanes of at least 4 members (excludes halogenated alkanes) is 3. The second kappa shape index (κ2) is 8.27. The van der Waals surface area contributed by atoms with E-state index >= 15 is 0 Å². The Bertz CT molecular complexity index is 324. The van der Waals surface area contributed by atoms with E-state index in [1.165, 1.54) is 17.6 Å². The molecule has 0 fully saturated rings. The van der Waals surface area contributed by atoms with Crippen LogP contribution < -0.4 is 0 Å². The summed E-state index contributed by atoms with van der Waals surface area (Å²) in [6, 6.07) is 8.36. The Balaban J connectivity index is 2.03. The molecule has 0 amide bonds.